The molecule has 0 bridgehead atoms. The van der Waals surface area contributed by atoms with Crippen LogP contribution >= 0.6 is 0 Å². The van der Waals surface area contributed by atoms with E-state index < -0.39 is 11.8 Å². The summed E-state index contributed by atoms with van der Waals surface area (Å²) in [6, 6.07) is 10.2. The Balaban J connectivity index is 1.98. The summed E-state index contributed by atoms with van der Waals surface area (Å²) in [7, 11) is 0. The van der Waals surface area contributed by atoms with E-state index in [-0.39, 0.29) is 17.0 Å². The van der Waals surface area contributed by atoms with Crippen LogP contribution < -0.4 is 4.90 Å². The van der Waals surface area contributed by atoms with Gasteiger partial charge in [0.2, 0.25) is 0 Å². The van der Waals surface area contributed by atoms with E-state index in [0.29, 0.717) is 18.7 Å². The Bertz CT molecular complexity index is 742. The summed E-state index contributed by atoms with van der Waals surface area (Å²) in [5, 5.41) is 9.04. The molecule has 5 heteroatoms. The molecule has 106 valence electrons. The van der Waals surface area contributed by atoms with Gasteiger partial charge in [-0.15, -0.1) is 0 Å². The van der Waals surface area contributed by atoms with Crippen molar-refractivity contribution in [2.75, 3.05) is 11.4 Å². The minimum Gasteiger partial charge on any atom is -0.478 e. The number of hydrogen-bond donors (Lipinski definition) is 1. The molecule has 1 aliphatic heterocycles. The van der Waals surface area contributed by atoms with Crippen LogP contribution in [0, 0.1) is 5.82 Å². The summed E-state index contributed by atoms with van der Waals surface area (Å²) < 4.78 is 13.2. The molecule has 0 unspecified atom stereocenters. The number of carboxylic acids is 1. The van der Waals surface area contributed by atoms with Gasteiger partial charge in [-0.3, -0.25) is 4.79 Å². The number of carbonyl (C=O) groups is 2. The fourth-order valence-corrected chi connectivity index (χ4v) is 2.50. The Morgan fingerprint density at radius 1 is 1.10 bits per heavy atom. The van der Waals surface area contributed by atoms with Gasteiger partial charge in [-0.1, -0.05) is 12.1 Å². The van der Waals surface area contributed by atoms with Crippen LogP contribution in [0.2, 0.25) is 0 Å². The molecule has 0 aliphatic carbocycles. The van der Waals surface area contributed by atoms with Gasteiger partial charge in [0.05, 0.1) is 5.56 Å². The number of amides is 1. The van der Waals surface area contributed by atoms with Crippen molar-refractivity contribution < 1.29 is 19.1 Å². The lowest BCUT2D eigenvalue weighted by Crippen LogP contribution is -2.29. The number of nitrogens with zero attached hydrogens (tertiary/aromatic N) is 1. The SMILES string of the molecule is O=C(O)c1ccc2c(c1)N(C(=O)c1cccc(F)c1)CC2. The van der Waals surface area contributed by atoms with Gasteiger partial charge >= 0.3 is 5.97 Å². The summed E-state index contributed by atoms with van der Waals surface area (Å²) in [5.74, 6) is -1.83. The van der Waals surface area contributed by atoms with Crippen LogP contribution in [0.1, 0.15) is 26.3 Å². The van der Waals surface area contributed by atoms with Crippen molar-refractivity contribution in [2.45, 2.75) is 6.42 Å². The third-order valence-corrected chi connectivity index (χ3v) is 3.54. The predicted octanol–water partition coefficient (Wildman–Crippen LogP) is 2.73. The fourth-order valence-electron chi connectivity index (χ4n) is 2.50. The Labute approximate surface area is 120 Å². The van der Waals surface area contributed by atoms with Crippen LogP contribution in [0.3, 0.4) is 0 Å². The van der Waals surface area contributed by atoms with E-state index in [2.05, 4.69) is 0 Å². The molecule has 0 aromatic heterocycles. The van der Waals surface area contributed by atoms with E-state index in [1.807, 2.05) is 0 Å². The monoisotopic (exact) mass is 285 g/mol. The average molecular weight is 285 g/mol. The molecule has 2 aromatic rings. The first-order chi connectivity index (χ1) is 10.1. The van der Waals surface area contributed by atoms with Crippen molar-refractivity contribution in [3.63, 3.8) is 0 Å². The van der Waals surface area contributed by atoms with Crippen LogP contribution in [0.5, 0.6) is 0 Å². The van der Waals surface area contributed by atoms with E-state index in [4.69, 9.17) is 5.11 Å². The number of anilines is 1. The summed E-state index contributed by atoms with van der Waals surface area (Å²) in [6.07, 6.45) is 0.663. The maximum atomic E-state index is 13.2. The largest absolute Gasteiger partial charge is 0.478 e. The second-order valence-corrected chi connectivity index (χ2v) is 4.87. The second kappa shape index (κ2) is 5.01. The maximum Gasteiger partial charge on any atom is 0.335 e. The smallest absolute Gasteiger partial charge is 0.335 e. The van der Waals surface area contributed by atoms with Gasteiger partial charge < -0.3 is 10.0 Å². The number of carboxylic acid groups (broad SMARTS) is 1. The van der Waals surface area contributed by atoms with Gasteiger partial charge in [-0.25, -0.2) is 9.18 Å². The quantitative estimate of drug-likeness (QED) is 0.923. The van der Waals surface area contributed by atoms with Crippen molar-refractivity contribution >= 4 is 17.6 Å². The number of carbonyl (C=O) groups excluding carboxylic acids is 1. The number of rotatable bonds is 2. The molecular formula is C16H12FNO3. The van der Waals surface area contributed by atoms with E-state index >= 15 is 0 Å². The first-order valence-electron chi connectivity index (χ1n) is 6.50. The highest BCUT2D eigenvalue weighted by Crippen LogP contribution is 2.30. The zero-order chi connectivity index (χ0) is 15.0. The highest BCUT2D eigenvalue weighted by molar-refractivity contribution is 6.07. The zero-order valence-corrected chi connectivity index (χ0v) is 11.0. The molecule has 1 aliphatic rings. The molecule has 2 aromatic carbocycles. The minimum atomic E-state index is -1.04. The second-order valence-electron chi connectivity index (χ2n) is 4.87. The van der Waals surface area contributed by atoms with Gasteiger partial charge in [0.1, 0.15) is 5.82 Å². The Hall–Kier alpha value is -2.69. The molecule has 4 nitrogen and oxygen atoms in total. The normalized spacial score (nSPS) is 13.1. The Morgan fingerprint density at radius 2 is 1.90 bits per heavy atom. The van der Waals surface area contributed by atoms with Crippen molar-refractivity contribution in [1.82, 2.24) is 0 Å². The van der Waals surface area contributed by atoms with Gasteiger partial charge in [-0.2, -0.15) is 0 Å². The summed E-state index contributed by atoms with van der Waals surface area (Å²) >= 11 is 0. The molecule has 0 saturated heterocycles. The molecule has 0 radical (unpaired) electrons. The van der Waals surface area contributed by atoms with Crippen LogP contribution in [0.25, 0.3) is 0 Å². The Morgan fingerprint density at radius 3 is 2.62 bits per heavy atom. The van der Waals surface area contributed by atoms with Crippen LogP contribution in [0.15, 0.2) is 42.5 Å². The summed E-state index contributed by atoms with van der Waals surface area (Å²) in [6.45, 7) is 0.466. The summed E-state index contributed by atoms with van der Waals surface area (Å²) in [4.78, 5) is 25.0. The van der Waals surface area contributed by atoms with Crippen molar-refractivity contribution in [3.8, 4) is 0 Å². The van der Waals surface area contributed by atoms with Crippen molar-refractivity contribution in [1.29, 1.82) is 0 Å². The van der Waals surface area contributed by atoms with Crippen molar-refractivity contribution in [3.05, 3.63) is 65.0 Å². The maximum absolute atomic E-state index is 13.2. The minimum absolute atomic E-state index is 0.132. The predicted molar refractivity (Wildman–Crippen MR) is 75.2 cm³/mol. The molecule has 0 spiro atoms. The van der Waals surface area contributed by atoms with E-state index in [1.165, 1.54) is 35.2 Å². The molecule has 3 rings (SSSR count). The number of fused-ring (bicyclic) bond motifs is 1. The number of benzene rings is 2. The van der Waals surface area contributed by atoms with E-state index in [1.54, 1.807) is 12.1 Å². The average Bonchev–Trinajstić information content (AvgIpc) is 2.89. The van der Waals surface area contributed by atoms with Gasteiger partial charge in [0, 0.05) is 17.8 Å². The molecule has 0 saturated carbocycles. The van der Waals surface area contributed by atoms with Gasteiger partial charge in [0.25, 0.3) is 5.91 Å². The van der Waals surface area contributed by atoms with E-state index in [9.17, 15) is 14.0 Å². The zero-order valence-electron chi connectivity index (χ0n) is 11.0. The topological polar surface area (TPSA) is 57.6 Å². The highest BCUT2D eigenvalue weighted by atomic mass is 19.1. The lowest BCUT2D eigenvalue weighted by molar-refractivity contribution is 0.0696. The van der Waals surface area contributed by atoms with Crippen molar-refractivity contribution in [2.24, 2.45) is 0 Å². The first-order valence-corrected chi connectivity index (χ1v) is 6.50. The Kier molecular flexibility index (Phi) is 3.17. The lowest BCUT2D eigenvalue weighted by atomic mass is 10.1. The third-order valence-electron chi connectivity index (χ3n) is 3.54. The van der Waals surface area contributed by atoms with Crippen LogP contribution in [-0.2, 0) is 6.42 Å². The molecule has 21 heavy (non-hydrogen) atoms. The lowest BCUT2D eigenvalue weighted by Gasteiger charge is -2.17. The molecule has 0 fully saturated rings. The fraction of sp³-hybridized carbons (Fsp3) is 0.125. The van der Waals surface area contributed by atoms with Gasteiger partial charge in [-0.05, 0) is 42.3 Å². The molecular weight excluding hydrogens is 273 g/mol. The van der Waals surface area contributed by atoms with Crippen LogP contribution in [-0.4, -0.2) is 23.5 Å². The molecule has 1 amide bonds. The summed E-state index contributed by atoms with van der Waals surface area (Å²) in [5.41, 5.74) is 1.89. The molecule has 0 atom stereocenters. The van der Waals surface area contributed by atoms with Crippen LogP contribution in [0.4, 0.5) is 10.1 Å². The first kappa shape index (κ1) is 13.3. The van der Waals surface area contributed by atoms with E-state index in [0.717, 1.165) is 5.56 Å². The number of halogens is 1. The third kappa shape index (κ3) is 2.38. The van der Waals surface area contributed by atoms with Gasteiger partial charge in [0.15, 0.2) is 0 Å². The molecule has 1 N–H and O–H groups in total. The standard InChI is InChI=1S/C16H12FNO3/c17-13-3-1-2-11(8-13)15(19)18-7-6-10-4-5-12(16(20)21)9-14(10)18/h1-5,8-9H,6-7H2,(H,20,21). The molecule has 1 heterocycles. The number of aromatic carboxylic acids is 1. The highest BCUT2D eigenvalue weighted by Gasteiger charge is 2.26. The number of hydrogen-bond acceptors (Lipinski definition) is 2.